The van der Waals surface area contributed by atoms with Gasteiger partial charge in [-0.15, -0.1) is 0 Å². The normalized spacial score (nSPS) is 10.0. The zero-order valence-corrected chi connectivity index (χ0v) is 12.0. The van der Waals surface area contributed by atoms with Crippen LogP contribution in [0.5, 0.6) is 0 Å². The van der Waals surface area contributed by atoms with Gasteiger partial charge in [0.1, 0.15) is 22.6 Å². The lowest BCUT2D eigenvalue weighted by Gasteiger charge is -2.07. The van der Waals surface area contributed by atoms with Crippen LogP contribution in [0, 0.1) is 11.3 Å². The van der Waals surface area contributed by atoms with E-state index in [1.165, 1.54) is 17.1 Å². The Morgan fingerprint density at radius 3 is 3.00 bits per heavy atom. The maximum absolute atomic E-state index is 12.1. The quantitative estimate of drug-likeness (QED) is 0.851. The second-order valence-corrected chi connectivity index (χ2v) is 4.86. The van der Waals surface area contributed by atoms with Crippen molar-refractivity contribution in [3.05, 3.63) is 39.2 Å². The summed E-state index contributed by atoms with van der Waals surface area (Å²) in [6, 6.07) is 3.49. The highest BCUT2D eigenvalue weighted by atomic mass is 79.9. The number of hydrogen-bond acceptors (Lipinski definition) is 4. The van der Waals surface area contributed by atoms with Gasteiger partial charge >= 0.3 is 0 Å². The molecule has 8 heteroatoms. The van der Waals surface area contributed by atoms with Crippen molar-refractivity contribution in [3.8, 4) is 6.07 Å². The molecule has 0 aliphatic heterocycles. The summed E-state index contributed by atoms with van der Waals surface area (Å²) in [7, 11) is 1.62. The molecule has 19 heavy (non-hydrogen) atoms. The summed E-state index contributed by atoms with van der Waals surface area (Å²) >= 11 is 9.08. The molecule has 0 radical (unpaired) electrons. The second kappa shape index (κ2) is 5.38. The first-order valence-corrected chi connectivity index (χ1v) is 6.24. The highest BCUT2D eigenvalue weighted by Crippen LogP contribution is 2.20. The van der Waals surface area contributed by atoms with Gasteiger partial charge in [-0.3, -0.25) is 9.48 Å². The number of nitrogens with zero attached hydrogens (tertiary/aromatic N) is 4. The molecule has 2 heterocycles. The average Bonchev–Trinajstić information content (AvgIpc) is 2.73. The van der Waals surface area contributed by atoms with E-state index in [1.807, 2.05) is 6.07 Å². The molecule has 0 aliphatic rings. The van der Waals surface area contributed by atoms with E-state index < -0.39 is 5.91 Å². The summed E-state index contributed by atoms with van der Waals surface area (Å²) in [5.74, 6) is -0.151. The molecule has 6 nitrogen and oxygen atoms in total. The monoisotopic (exact) mass is 339 g/mol. The maximum Gasteiger partial charge on any atom is 0.260 e. The lowest BCUT2D eigenvalue weighted by molar-refractivity contribution is 0.102. The first-order chi connectivity index (χ1) is 9.02. The van der Waals surface area contributed by atoms with Crippen molar-refractivity contribution in [2.75, 3.05) is 5.32 Å². The van der Waals surface area contributed by atoms with Gasteiger partial charge in [0.2, 0.25) is 0 Å². The van der Waals surface area contributed by atoms with Gasteiger partial charge in [0.15, 0.2) is 0 Å². The summed E-state index contributed by atoms with van der Waals surface area (Å²) < 4.78 is 2.03. The van der Waals surface area contributed by atoms with Crippen molar-refractivity contribution >= 4 is 39.3 Å². The first kappa shape index (κ1) is 13.5. The Balaban J connectivity index is 2.34. The van der Waals surface area contributed by atoms with Crippen molar-refractivity contribution in [2.45, 2.75) is 0 Å². The number of hydrogen-bond donors (Lipinski definition) is 1. The molecule has 96 valence electrons. The standard InChI is InChI=1S/C11H7BrClN5O/c1-18-10(6(3-14)4-16-18)17-11(19)8-2-7(12)5-15-9(8)13/h2,4-5H,1H3,(H,17,19). The fourth-order valence-electron chi connectivity index (χ4n) is 1.42. The molecule has 0 bridgehead atoms. The Hall–Kier alpha value is -1.91. The Morgan fingerprint density at radius 1 is 1.58 bits per heavy atom. The highest BCUT2D eigenvalue weighted by Gasteiger charge is 2.16. The van der Waals surface area contributed by atoms with Gasteiger partial charge in [-0.25, -0.2) is 4.98 Å². The third kappa shape index (κ3) is 2.75. The predicted molar refractivity (Wildman–Crippen MR) is 72.8 cm³/mol. The van der Waals surface area contributed by atoms with Gasteiger partial charge in [0.05, 0.1) is 11.8 Å². The SMILES string of the molecule is Cn1ncc(C#N)c1NC(=O)c1cc(Br)cnc1Cl. The summed E-state index contributed by atoms with van der Waals surface area (Å²) in [6.45, 7) is 0. The number of nitriles is 1. The number of aryl methyl sites for hydroxylation is 1. The topological polar surface area (TPSA) is 83.6 Å². The minimum absolute atomic E-state index is 0.0846. The summed E-state index contributed by atoms with van der Waals surface area (Å²) in [6.07, 6.45) is 2.86. The number of aromatic nitrogens is 3. The lowest BCUT2D eigenvalue weighted by Crippen LogP contribution is -2.16. The van der Waals surface area contributed by atoms with Gasteiger partial charge in [-0.2, -0.15) is 10.4 Å². The van der Waals surface area contributed by atoms with E-state index in [9.17, 15) is 4.79 Å². The minimum atomic E-state index is -0.459. The molecule has 0 unspecified atom stereocenters. The van der Waals surface area contributed by atoms with Crippen molar-refractivity contribution in [3.63, 3.8) is 0 Å². The molecule has 0 saturated heterocycles. The van der Waals surface area contributed by atoms with Crippen molar-refractivity contribution in [1.29, 1.82) is 5.26 Å². The zero-order valence-electron chi connectivity index (χ0n) is 9.69. The number of pyridine rings is 1. The number of carbonyl (C=O) groups excluding carboxylic acids is 1. The third-order valence-corrected chi connectivity index (χ3v) is 3.08. The number of rotatable bonds is 2. The predicted octanol–water partition coefficient (Wildman–Crippen LogP) is 2.35. The van der Waals surface area contributed by atoms with E-state index in [4.69, 9.17) is 16.9 Å². The first-order valence-electron chi connectivity index (χ1n) is 5.07. The van der Waals surface area contributed by atoms with Crippen LogP contribution in [0.4, 0.5) is 5.82 Å². The average molecular weight is 341 g/mol. The van der Waals surface area contributed by atoms with Crippen molar-refractivity contribution in [2.24, 2.45) is 7.05 Å². The Morgan fingerprint density at radius 2 is 2.32 bits per heavy atom. The fraction of sp³-hybridized carbons (Fsp3) is 0.0909. The summed E-state index contributed by atoms with van der Waals surface area (Å²) in [5, 5.41) is 15.5. The van der Waals surface area contributed by atoms with Crippen LogP contribution in [0.3, 0.4) is 0 Å². The van der Waals surface area contributed by atoms with Crippen LogP contribution in [0.25, 0.3) is 0 Å². The Kier molecular flexibility index (Phi) is 3.83. The van der Waals surface area contributed by atoms with Gasteiger partial charge in [-0.05, 0) is 22.0 Å². The van der Waals surface area contributed by atoms with Crippen LogP contribution < -0.4 is 5.32 Å². The van der Waals surface area contributed by atoms with Gasteiger partial charge < -0.3 is 5.32 Å². The van der Waals surface area contributed by atoms with Crippen LogP contribution in [-0.2, 0) is 7.05 Å². The van der Waals surface area contributed by atoms with Gasteiger partial charge in [-0.1, -0.05) is 11.6 Å². The third-order valence-electron chi connectivity index (χ3n) is 2.34. The Bertz CT molecular complexity index is 691. The van der Waals surface area contributed by atoms with E-state index in [1.54, 1.807) is 13.1 Å². The molecule has 2 aromatic rings. The number of amides is 1. The zero-order chi connectivity index (χ0) is 14.0. The van der Waals surface area contributed by atoms with E-state index in [-0.39, 0.29) is 16.3 Å². The van der Waals surface area contributed by atoms with Crippen LogP contribution in [0.1, 0.15) is 15.9 Å². The summed E-state index contributed by atoms with van der Waals surface area (Å²) in [4.78, 5) is 16.0. The minimum Gasteiger partial charge on any atom is -0.306 e. The van der Waals surface area contributed by atoms with Crippen LogP contribution in [0.15, 0.2) is 22.9 Å². The van der Waals surface area contributed by atoms with Gasteiger partial charge in [0.25, 0.3) is 5.91 Å². The van der Waals surface area contributed by atoms with Gasteiger partial charge in [0, 0.05) is 17.7 Å². The van der Waals surface area contributed by atoms with Crippen LogP contribution >= 0.6 is 27.5 Å². The molecule has 0 aromatic carbocycles. The van der Waals surface area contributed by atoms with Crippen LogP contribution in [0.2, 0.25) is 5.15 Å². The fourth-order valence-corrected chi connectivity index (χ4v) is 1.94. The molecule has 1 amide bonds. The number of halogens is 2. The maximum atomic E-state index is 12.1. The molecule has 2 aromatic heterocycles. The van der Waals surface area contributed by atoms with E-state index in [2.05, 4.69) is 31.3 Å². The number of nitrogens with one attached hydrogen (secondary N) is 1. The Labute approximate surface area is 122 Å². The molecule has 1 N–H and O–H groups in total. The van der Waals surface area contributed by atoms with Crippen molar-refractivity contribution < 1.29 is 4.79 Å². The molecule has 0 saturated carbocycles. The molecule has 0 spiro atoms. The molecule has 0 atom stereocenters. The largest absolute Gasteiger partial charge is 0.306 e. The molecular formula is C11H7BrClN5O. The smallest absolute Gasteiger partial charge is 0.260 e. The number of carbonyl (C=O) groups is 1. The van der Waals surface area contributed by atoms with Crippen LogP contribution in [-0.4, -0.2) is 20.7 Å². The molecule has 0 fully saturated rings. The number of anilines is 1. The summed E-state index contributed by atoms with van der Waals surface area (Å²) in [5.41, 5.74) is 0.482. The van der Waals surface area contributed by atoms with Crippen molar-refractivity contribution in [1.82, 2.24) is 14.8 Å². The lowest BCUT2D eigenvalue weighted by atomic mass is 10.2. The molecule has 2 rings (SSSR count). The highest BCUT2D eigenvalue weighted by molar-refractivity contribution is 9.10. The van der Waals surface area contributed by atoms with E-state index >= 15 is 0 Å². The molecule has 0 aliphatic carbocycles. The van der Waals surface area contributed by atoms with E-state index in [0.29, 0.717) is 10.3 Å². The second-order valence-electron chi connectivity index (χ2n) is 3.59. The molecular weight excluding hydrogens is 334 g/mol. The van der Waals surface area contributed by atoms with E-state index in [0.717, 1.165) is 0 Å².